The first kappa shape index (κ1) is 29.1. The van der Waals surface area contributed by atoms with Crippen LogP contribution in [0.25, 0.3) is 88.0 Å². The smallest absolute Gasteiger partial charge is 0.165 e. The van der Waals surface area contributed by atoms with Gasteiger partial charge in [-0.25, -0.2) is 15.0 Å². The molecule has 0 aliphatic heterocycles. The molecular weight excluding hydrogens is 611 g/mol. The van der Waals surface area contributed by atoms with E-state index in [2.05, 4.69) is 126 Å². The molecule has 7 aromatic carbocycles. The first-order valence-corrected chi connectivity index (χ1v) is 16.4. The minimum atomic E-state index is 0.523. The molecule has 0 aliphatic rings. The normalized spacial score (nSPS) is 11.2. The van der Waals surface area contributed by atoms with Gasteiger partial charge < -0.3 is 0 Å². The number of benzene rings is 6. The molecule has 9 rings (SSSR count). The van der Waals surface area contributed by atoms with Crippen molar-refractivity contribution in [1.29, 1.82) is 5.26 Å². The lowest BCUT2D eigenvalue weighted by Gasteiger charge is -2.12. The molecule has 0 fully saturated rings. The summed E-state index contributed by atoms with van der Waals surface area (Å²) in [5.41, 5.74) is 3.03. The van der Waals surface area contributed by atoms with E-state index in [0.717, 1.165) is 43.6 Å². The highest BCUT2D eigenvalue weighted by Gasteiger charge is 2.15. The Morgan fingerprint density at radius 2 is 0.760 bits per heavy atom. The van der Waals surface area contributed by atoms with E-state index in [1.807, 2.05) is 24.3 Å². The van der Waals surface area contributed by atoms with Crippen LogP contribution in [0.5, 0.6) is 0 Å². The van der Waals surface area contributed by atoms with E-state index in [-0.39, 0.29) is 0 Å². The van der Waals surface area contributed by atoms with Crippen molar-refractivity contribution in [3.63, 3.8) is 0 Å². The fourth-order valence-electron chi connectivity index (χ4n) is 6.90. The van der Waals surface area contributed by atoms with Crippen LogP contribution in [0, 0.1) is 11.3 Å². The first-order chi connectivity index (χ1) is 24.7. The van der Waals surface area contributed by atoms with E-state index in [0.29, 0.717) is 23.0 Å². The summed E-state index contributed by atoms with van der Waals surface area (Å²) in [5.74, 6) is 1.60. The lowest BCUT2D eigenvalue weighted by atomic mass is 9.94. The minimum absolute atomic E-state index is 0.523. The summed E-state index contributed by atoms with van der Waals surface area (Å²) < 4.78 is 0. The van der Waals surface area contributed by atoms with Crippen molar-refractivity contribution in [3.8, 4) is 40.2 Å². The zero-order valence-corrected chi connectivity index (χ0v) is 26.8. The van der Waals surface area contributed by atoms with Gasteiger partial charge in [-0.1, -0.05) is 109 Å². The Morgan fingerprint density at radius 3 is 1.20 bits per heavy atom. The van der Waals surface area contributed by atoms with Crippen LogP contribution in [-0.4, -0.2) is 19.9 Å². The Kier molecular flexibility index (Phi) is 7.11. The van der Waals surface area contributed by atoms with Gasteiger partial charge in [0.15, 0.2) is 17.5 Å². The molecule has 0 saturated carbocycles. The third-order valence-corrected chi connectivity index (χ3v) is 9.26. The van der Waals surface area contributed by atoms with Crippen LogP contribution in [0.1, 0.15) is 5.56 Å². The molecule has 5 heteroatoms. The summed E-state index contributed by atoms with van der Waals surface area (Å²) >= 11 is 0. The van der Waals surface area contributed by atoms with Crippen molar-refractivity contribution in [3.05, 3.63) is 170 Å². The topological polar surface area (TPSA) is 75.3 Å². The largest absolute Gasteiger partial charge is 0.264 e. The number of pyridine rings is 1. The van der Waals surface area contributed by atoms with Gasteiger partial charge in [0.2, 0.25) is 0 Å². The summed E-state index contributed by atoms with van der Waals surface area (Å²) in [7, 11) is 0. The molecule has 0 N–H and O–H groups in total. The number of fused-ring (bicyclic) bond motifs is 10. The summed E-state index contributed by atoms with van der Waals surface area (Å²) in [4.78, 5) is 19.2. The lowest BCUT2D eigenvalue weighted by Crippen LogP contribution is -2.00. The van der Waals surface area contributed by atoms with Crippen LogP contribution in [0.15, 0.2) is 164 Å². The Labute approximate surface area is 288 Å². The molecule has 0 amide bonds. The SMILES string of the molecule is N#Cc1ccc(-c2nc(-c3cccnc3)nc(-c3ccc4c5ccccc5c5ccccc5c5ccccc5c5ccccc5c4c3)n2)cc1. The minimum Gasteiger partial charge on any atom is -0.264 e. The van der Waals surface area contributed by atoms with E-state index in [1.165, 1.54) is 26.9 Å². The quantitative estimate of drug-likeness (QED) is 0.193. The lowest BCUT2D eigenvalue weighted by molar-refractivity contribution is 1.07. The highest BCUT2D eigenvalue weighted by Crippen LogP contribution is 2.37. The number of aromatic nitrogens is 4. The van der Waals surface area contributed by atoms with Crippen LogP contribution < -0.4 is 0 Å². The first-order valence-electron chi connectivity index (χ1n) is 16.4. The molecule has 0 spiro atoms. The molecule has 232 valence electrons. The van der Waals surface area contributed by atoms with Gasteiger partial charge in [0.1, 0.15) is 0 Å². The molecule has 0 saturated heterocycles. The third kappa shape index (κ3) is 5.04. The van der Waals surface area contributed by atoms with Gasteiger partial charge in [-0.05, 0) is 96.3 Å². The highest BCUT2D eigenvalue weighted by atomic mass is 15.0. The van der Waals surface area contributed by atoms with E-state index in [4.69, 9.17) is 15.0 Å². The van der Waals surface area contributed by atoms with E-state index >= 15 is 0 Å². The second kappa shape index (κ2) is 12.2. The molecule has 0 aliphatic carbocycles. The number of rotatable bonds is 3. The monoisotopic (exact) mass is 637 g/mol. The van der Waals surface area contributed by atoms with Gasteiger partial charge in [0, 0.05) is 29.1 Å². The highest BCUT2D eigenvalue weighted by molar-refractivity contribution is 6.26. The third-order valence-electron chi connectivity index (χ3n) is 9.26. The van der Waals surface area contributed by atoms with Crippen LogP contribution in [-0.2, 0) is 0 Å². The van der Waals surface area contributed by atoms with Crippen LogP contribution in [0.2, 0.25) is 0 Å². The van der Waals surface area contributed by atoms with Gasteiger partial charge in [-0.3, -0.25) is 4.98 Å². The van der Waals surface area contributed by atoms with E-state index in [1.54, 1.807) is 24.5 Å². The second-order valence-corrected chi connectivity index (χ2v) is 12.2. The van der Waals surface area contributed by atoms with Gasteiger partial charge in [-0.2, -0.15) is 5.26 Å². The van der Waals surface area contributed by atoms with Crippen molar-refractivity contribution in [2.75, 3.05) is 0 Å². The summed E-state index contributed by atoms with van der Waals surface area (Å²) in [6.45, 7) is 0. The Hall–Kier alpha value is -7.03. The fourth-order valence-corrected chi connectivity index (χ4v) is 6.90. The Balaban J connectivity index is 1.42. The van der Waals surface area contributed by atoms with Crippen molar-refractivity contribution < 1.29 is 0 Å². The average molecular weight is 638 g/mol. The van der Waals surface area contributed by atoms with Crippen molar-refractivity contribution in [2.24, 2.45) is 0 Å². The molecule has 0 bridgehead atoms. The zero-order valence-electron chi connectivity index (χ0n) is 26.8. The second-order valence-electron chi connectivity index (χ2n) is 12.2. The fraction of sp³-hybridized carbons (Fsp3) is 0. The molecule has 0 radical (unpaired) electrons. The van der Waals surface area contributed by atoms with E-state index < -0.39 is 0 Å². The molecule has 9 aromatic rings. The van der Waals surface area contributed by atoms with Gasteiger partial charge in [0.05, 0.1) is 11.6 Å². The molecule has 2 aromatic heterocycles. The zero-order chi connectivity index (χ0) is 33.4. The average Bonchev–Trinajstić information content (AvgIpc) is 3.20. The number of nitrogens with zero attached hydrogens (tertiary/aromatic N) is 5. The number of nitriles is 1. The molecular formula is C45H27N5. The molecule has 50 heavy (non-hydrogen) atoms. The molecule has 0 atom stereocenters. The van der Waals surface area contributed by atoms with Crippen molar-refractivity contribution in [1.82, 2.24) is 19.9 Å². The van der Waals surface area contributed by atoms with Gasteiger partial charge in [-0.15, -0.1) is 0 Å². The predicted octanol–water partition coefficient (Wildman–Crippen LogP) is 11.0. The Bertz CT molecular complexity index is 2800. The van der Waals surface area contributed by atoms with Crippen LogP contribution in [0.4, 0.5) is 0 Å². The predicted molar refractivity (Wildman–Crippen MR) is 204 cm³/mol. The molecule has 5 nitrogen and oxygen atoms in total. The summed E-state index contributed by atoms with van der Waals surface area (Å²) in [6, 6.07) is 54.5. The standard InChI is InChI=1S/C45H27N5/c46-27-29-19-21-30(22-20-29)43-48-44(50-45(49-43)32-10-9-25-47-28-32)31-23-24-41-39-17-6-5-15-37(39)35-13-2-1-11-33(35)34-12-3-4-14-36(34)38-16-7-8-18-40(38)42(41)26-31/h1-26,28H. The maximum atomic E-state index is 9.39. The molecule has 2 heterocycles. The summed E-state index contributed by atoms with van der Waals surface area (Å²) in [6.07, 6.45) is 3.50. The van der Waals surface area contributed by atoms with Crippen molar-refractivity contribution in [2.45, 2.75) is 0 Å². The van der Waals surface area contributed by atoms with Crippen molar-refractivity contribution >= 4 is 53.9 Å². The maximum absolute atomic E-state index is 9.39. The number of hydrogen-bond donors (Lipinski definition) is 0. The van der Waals surface area contributed by atoms with Crippen LogP contribution in [0.3, 0.4) is 0 Å². The molecule has 0 unspecified atom stereocenters. The van der Waals surface area contributed by atoms with Crippen LogP contribution >= 0.6 is 0 Å². The van der Waals surface area contributed by atoms with Gasteiger partial charge in [0.25, 0.3) is 0 Å². The Morgan fingerprint density at radius 1 is 0.360 bits per heavy atom. The van der Waals surface area contributed by atoms with Gasteiger partial charge >= 0.3 is 0 Å². The number of hydrogen-bond acceptors (Lipinski definition) is 5. The maximum Gasteiger partial charge on any atom is 0.165 e. The summed E-state index contributed by atoms with van der Waals surface area (Å²) in [5, 5.41) is 21.0. The van der Waals surface area contributed by atoms with E-state index in [9.17, 15) is 5.26 Å².